The van der Waals surface area contributed by atoms with Crippen molar-refractivity contribution in [3.05, 3.63) is 82.9 Å². The molecule has 0 saturated heterocycles. The summed E-state index contributed by atoms with van der Waals surface area (Å²) in [4.78, 5) is 25.2. The average Bonchev–Trinajstić information content (AvgIpc) is 2.74. The minimum Gasteiger partial charge on any atom is -0.494 e. The molecule has 3 aromatic carbocycles. The van der Waals surface area contributed by atoms with E-state index in [1.54, 1.807) is 66.7 Å². The number of anilines is 2. The summed E-state index contributed by atoms with van der Waals surface area (Å²) in [5.74, 6) is 0.375. The topological polar surface area (TPSA) is 76.7 Å². The zero-order valence-corrected chi connectivity index (χ0v) is 18.2. The number of ether oxygens (including phenoxy) is 2. The lowest BCUT2D eigenvalue weighted by molar-refractivity contribution is 0.101. The lowest BCUT2D eigenvalue weighted by Gasteiger charge is -2.14. The maximum atomic E-state index is 12.6. The van der Waals surface area contributed by atoms with Gasteiger partial charge in [-0.15, -0.1) is 0 Å². The monoisotopic (exact) mass is 438 g/mol. The van der Waals surface area contributed by atoms with Gasteiger partial charge < -0.3 is 20.1 Å². The molecule has 0 fully saturated rings. The van der Waals surface area contributed by atoms with E-state index in [2.05, 4.69) is 10.6 Å². The molecule has 31 heavy (non-hydrogen) atoms. The fraction of sp³-hybridized carbons (Fsp3) is 0.167. The Morgan fingerprint density at radius 1 is 0.903 bits per heavy atom. The van der Waals surface area contributed by atoms with Gasteiger partial charge >= 0.3 is 0 Å². The molecule has 0 heterocycles. The summed E-state index contributed by atoms with van der Waals surface area (Å²) in [6, 6.07) is 18.7. The second-order valence-corrected chi connectivity index (χ2v) is 7.40. The first-order valence-corrected chi connectivity index (χ1v) is 10.1. The number of hydrogen-bond donors (Lipinski definition) is 2. The van der Waals surface area contributed by atoms with Crippen LogP contribution in [0.1, 0.15) is 34.6 Å². The number of benzene rings is 3. The second kappa shape index (κ2) is 10.00. The Hall–Kier alpha value is -3.51. The van der Waals surface area contributed by atoms with Crippen LogP contribution in [0.15, 0.2) is 66.7 Å². The average molecular weight is 439 g/mol. The van der Waals surface area contributed by atoms with Gasteiger partial charge in [-0.3, -0.25) is 9.59 Å². The summed E-state index contributed by atoms with van der Waals surface area (Å²) in [5.41, 5.74) is 1.80. The maximum absolute atomic E-state index is 12.6. The van der Waals surface area contributed by atoms with E-state index in [1.165, 1.54) is 7.11 Å². The van der Waals surface area contributed by atoms with Crippen LogP contribution in [-0.4, -0.2) is 25.0 Å². The second-order valence-electron chi connectivity index (χ2n) is 7.00. The van der Waals surface area contributed by atoms with Crippen LogP contribution in [0.5, 0.6) is 11.5 Å². The smallest absolute Gasteiger partial charge is 0.257 e. The van der Waals surface area contributed by atoms with E-state index < -0.39 is 0 Å². The highest BCUT2D eigenvalue weighted by molar-refractivity contribution is 6.34. The summed E-state index contributed by atoms with van der Waals surface area (Å²) < 4.78 is 11.0. The molecule has 2 amide bonds. The normalized spacial score (nSPS) is 10.5. The highest BCUT2D eigenvalue weighted by Gasteiger charge is 2.14. The molecule has 7 heteroatoms. The van der Waals surface area contributed by atoms with Gasteiger partial charge in [0, 0.05) is 17.3 Å². The summed E-state index contributed by atoms with van der Waals surface area (Å²) >= 11 is 6.09. The van der Waals surface area contributed by atoms with Crippen molar-refractivity contribution in [3.63, 3.8) is 0 Å². The van der Waals surface area contributed by atoms with Crippen molar-refractivity contribution in [1.29, 1.82) is 0 Å². The Balaban J connectivity index is 1.75. The minimum atomic E-state index is -0.359. The summed E-state index contributed by atoms with van der Waals surface area (Å²) in [6.45, 7) is 3.84. The molecule has 160 valence electrons. The van der Waals surface area contributed by atoms with Crippen molar-refractivity contribution in [2.45, 2.75) is 20.0 Å². The van der Waals surface area contributed by atoms with Crippen molar-refractivity contribution in [2.24, 2.45) is 0 Å². The predicted molar refractivity (Wildman–Crippen MR) is 123 cm³/mol. The molecule has 0 aromatic heterocycles. The van der Waals surface area contributed by atoms with Crippen molar-refractivity contribution >= 4 is 34.8 Å². The lowest BCUT2D eigenvalue weighted by atomic mass is 10.1. The van der Waals surface area contributed by atoms with E-state index in [4.69, 9.17) is 21.1 Å². The number of amides is 2. The molecule has 6 nitrogen and oxygen atoms in total. The van der Waals surface area contributed by atoms with Gasteiger partial charge in [0.1, 0.15) is 11.5 Å². The van der Waals surface area contributed by atoms with Crippen molar-refractivity contribution in [2.75, 3.05) is 17.7 Å². The van der Waals surface area contributed by atoms with Crippen LogP contribution in [0.4, 0.5) is 11.4 Å². The standard InChI is InChI=1S/C24H23ClN2O4/c1-15(2)31-18-8-6-7-16(13-18)23(28)26-17-11-12-21(22(14-17)30-3)27-24(29)19-9-4-5-10-20(19)25/h4-15H,1-3H3,(H,26,28)(H,27,29). The van der Waals surface area contributed by atoms with Gasteiger partial charge in [0.2, 0.25) is 0 Å². The van der Waals surface area contributed by atoms with Crippen LogP contribution in [0.25, 0.3) is 0 Å². The van der Waals surface area contributed by atoms with Crippen LogP contribution in [-0.2, 0) is 0 Å². The Labute approximate surface area is 186 Å². The quantitative estimate of drug-likeness (QED) is 0.500. The van der Waals surface area contributed by atoms with Crippen LogP contribution >= 0.6 is 11.6 Å². The number of nitrogens with one attached hydrogen (secondary N) is 2. The molecule has 0 atom stereocenters. The van der Waals surface area contributed by atoms with Gasteiger partial charge in [-0.25, -0.2) is 0 Å². The molecule has 0 aliphatic heterocycles. The van der Waals surface area contributed by atoms with Crippen LogP contribution in [0, 0.1) is 0 Å². The number of carbonyl (C=O) groups is 2. The third kappa shape index (κ3) is 5.77. The first-order valence-electron chi connectivity index (χ1n) is 9.69. The zero-order valence-electron chi connectivity index (χ0n) is 17.4. The molecular formula is C24H23ClN2O4. The fourth-order valence-corrected chi connectivity index (χ4v) is 3.11. The molecule has 0 spiro atoms. The summed E-state index contributed by atoms with van der Waals surface area (Å²) in [6.07, 6.45) is 0.0103. The van der Waals surface area contributed by atoms with E-state index in [0.29, 0.717) is 39.0 Å². The van der Waals surface area contributed by atoms with E-state index in [1.807, 2.05) is 13.8 Å². The molecular weight excluding hydrogens is 416 g/mol. The molecule has 0 radical (unpaired) electrons. The van der Waals surface area contributed by atoms with Gasteiger partial charge in [0.15, 0.2) is 0 Å². The zero-order chi connectivity index (χ0) is 22.4. The third-order valence-corrected chi connectivity index (χ3v) is 4.62. The number of rotatable bonds is 7. The Kier molecular flexibility index (Phi) is 7.15. The van der Waals surface area contributed by atoms with Gasteiger partial charge in [-0.2, -0.15) is 0 Å². The number of carbonyl (C=O) groups excluding carboxylic acids is 2. The third-order valence-electron chi connectivity index (χ3n) is 4.29. The highest BCUT2D eigenvalue weighted by Crippen LogP contribution is 2.29. The van der Waals surface area contributed by atoms with Crippen LogP contribution in [0.3, 0.4) is 0 Å². The fourth-order valence-electron chi connectivity index (χ4n) is 2.89. The van der Waals surface area contributed by atoms with Gasteiger partial charge in [0.25, 0.3) is 11.8 Å². The van der Waals surface area contributed by atoms with Crippen molar-refractivity contribution < 1.29 is 19.1 Å². The Morgan fingerprint density at radius 3 is 2.39 bits per heavy atom. The largest absolute Gasteiger partial charge is 0.494 e. The number of methoxy groups -OCH3 is 1. The van der Waals surface area contributed by atoms with E-state index >= 15 is 0 Å². The van der Waals surface area contributed by atoms with Crippen LogP contribution < -0.4 is 20.1 Å². The molecule has 0 aliphatic carbocycles. The van der Waals surface area contributed by atoms with Gasteiger partial charge in [-0.05, 0) is 56.3 Å². The first kappa shape index (κ1) is 22.2. The van der Waals surface area contributed by atoms with E-state index in [-0.39, 0.29) is 17.9 Å². The predicted octanol–water partition coefficient (Wildman–Crippen LogP) is 5.64. The number of halogens is 1. The molecule has 0 saturated carbocycles. The lowest BCUT2D eigenvalue weighted by Crippen LogP contribution is -2.14. The molecule has 0 aliphatic rings. The molecule has 3 aromatic rings. The molecule has 2 N–H and O–H groups in total. The van der Waals surface area contributed by atoms with E-state index in [0.717, 1.165) is 0 Å². The van der Waals surface area contributed by atoms with Crippen molar-refractivity contribution in [1.82, 2.24) is 0 Å². The minimum absolute atomic E-state index is 0.0103. The van der Waals surface area contributed by atoms with Gasteiger partial charge in [-0.1, -0.05) is 29.8 Å². The summed E-state index contributed by atoms with van der Waals surface area (Å²) in [5, 5.41) is 5.96. The highest BCUT2D eigenvalue weighted by atomic mass is 35.5. The van der Waals surface area contributed by atoms with Gasteiger partial charge in [0.05, 0.1) is 29.5 Å². The maximum Gasteiger partial charge on any atom is 0.257 e. The summed E-state index contributed by atoms with van der Waals surface area (Å²) in [7, 11) is 1.48. The van der Waals surface area contributed by atoms with Crippen LogP contribution in [0.2, 0.25) is 5.02 Å². The van der Waals surface area contributed by atoms with E-state index in [9.17, 15) is 9.59 Å². The Bertz CT molecular complexity index is 1100. The SMILES string of the molecule is COc1cc(NC(=O)c2cccc(OC(C)C)c2)ccc1NC(=O)c1ccccc1Cl. The molecule has 3 rings (SSSR count). The molecule has 0 unspecified atom stereocenters. The Morgan fingerprint density at radius 2 is 1.68 bits per heavy atom. The first-order chi connectivity index (χ1) is 14.9. The van der Waals surface area contributed by atoms with Crippen molar-refractivity contribution in [3.8, 4) is 11.5 Å². The molecule has 0 bridgehead atoms. The number of hydrogen-bond acceptors (Lipinski definition) is 4.